The Morgan fingerprint density at radius 1 is 1.22 bits per heavy atom. The fourth-order valence-electron chi connectivity index (χ4n) is 1.27. The zero-order chi connectivity index (χ0) is 13.0. The van der Waals surface area contributed by atoms with Crippen LogP contribution in [0.25, 0.3) is 0 Å². The summed E-state index contributed by atoms with van der Waals surface area (Å²) in [6.07, 6.45) is 4.43. The standard InChI is InChI=1S/C11H12N6O/c1-7-2-3-9(14-4-7)16-11(18)8-5-13-6-10(15-8)17-12/h2-6H,12H2,1H3,(H,15,17)(H,14,16,18). The molecule has 0 bridgehead atoms. The first-order valence-corrected chi connectivity index (χ1v) is 5.21. The Hall–Kier alpha value is -2.54. The number of carbonyl (C=O) groups excluding carboxylic acids is 1. The van der Waals surface area contributed by atoms with Crippen LogP contribution in [0.1, 0.15) is 16.1 Å². The van der Waals surface area contributed by atoms with Crippen molar-refractivity contribution in [2.24, 2.45) is 5.84 Å². The number of aryl methyl sites for hydroxylation is 1. The number of nitrogen functional groups attached to an aromatic ring is 1. The molecule has 0 aromatic carbocycles. The summed E-state index contributed by atoms with van der Waals surface area (Å²) in [6, 6.07) is 3.57. The van der Waals surface area contributed by atoms with Gasteiger partial charge in [-0.1, -0.05) is 6.07 Å². The highest BCUT2D eigenvalue weighted by atomic mass is 16.1. The third-order valence-electron chi connectivity index (χ3n) is 2.17. The number of amides is 1. The van der Waals surface area contributed by atoms with Crippen molar-refractivity contribution in [3.8, 4) is 0 Å². The molecule has 7 nitrogen and oxygen atoms in total. The van der Waals surface area contributed by atoms with Gasteiger partial charge in [0.15, 0.2) is 5.82 Å². The van der Waals surface area contributed by atoms with Crippen LogP contribution in [0.15, 0.2) is 30.7 Å². The van der Waals surface area contributed by atoms with Crippen molar-refractivity contribution < 1.29 is 4.79 Å². The number of aromatic nitrogens is 3. The fourth-order valence-corrected chi connectivity index (χ4v) is 1.27. The Labute approximate surface area is 103 Å². The molecule has 2 rings (SSSR count). The largest absolute Gasteiger partial charge is 0.307 e. The van der Waals surface area contributed by atoms with Crippen LogP contribution in [0.5, 0.6) is 0 Å². The minimum Gasteiger partial charge on any atom is -0.307 e. The second-order valence-electron chi connectivity index (χ2n) is 3.61. The number of hydrogen-bond donors (Lipinski definition) is 3. The van der Waals surface area contributed by atoms with Gasteiger partial charge in [-0.3, -0.25) is 9.78 Å². The molecule has 0 aliphatic heterocycles. The molecule has 1 amide bonds. The normalized spacial score (nSPS) is 9.89. The summed E-state index contributed by atoms with van der Waals surface area (Å²) in [5, 5.41) is 2.62. The topological polar surface area (TPSA) is 106 Å². The van der Waals surface area contributed by atoms with Gasteiger partial charge < -0.3 is 10.7 Å². The molecule has 2 aromatic heterocycles. The summed E-state index contributed by atoms with van der Waals surface area (Å²) in [5.41, 5.74) is 3.50. The van der Waals surface area contributed by atoms with Gasteiger partial charge in [0.1, 0.15) is 11.5 Å². The number of pyridine rings is 1. The van der Waals surface area contributed by atoms with Crippen LogP contribution in [-0.2, 0) is 0 Å². The van der Waals surface area contributed by atoms with Crippen molar-refractivity contribution in [1.82, 2.24) is 15.0 Å². The van der Waals surface area contributed by atoms with Gasteiger partial charge in [0.05, 0.1) is 12.4 Å². The van der Waals surface area contributed by atoms with Crippen molar-refractivity contribution >= 4 is 17.5 Å². The molecule has 2 aromatic rings. The molecule has 18 heavy (non-hydrogen) atoms. The Morgan fingerprint density at radius 3 is 2.72 bits per heavy atom. The zero-order valence-corrected chi connectivity index (χ0v) is 9.71. The van der Waals surface area contributed by atoms with Crippen molar-refractivity contribution in [2.75, 3.05) is 10.7 Å². The van der Waals surface area contributed by atoms with Crippen molar-refractivity contribution in [2.45, 2.75) is 6.92 Å². The van der Waals surface area contributed by atoms with E-state index < -0.39 is 5.91 Å². The summed E-state index contributed by atoms with van der Waals surface area (Å²) in [4.78, 5) is 23.7. The predicted molar refractivity (Wildman–Crippen MR) is 66.8 cm³/mol. The van der Waals surface area contributed by atoms with E-state index in [9.17, 15) is 4.79 Å². The molecule has 0 unspecified atom stereocenters. The van der Waals surface area contributed by atoms with E-state index in [4.69, 9.17) is 5.84 Å². The fraction of sp³-hybridized carbons (Fsp3) is 0.0909. The van der Waals surface area contributed by atoms with E-state index in [0.717, 1.165) is 5.56 Å². The summed E-state index contributed by atoms with van der Waals surface area (Å²) < 4.78 is 0. The maximum atomic E-state index is 11.8. The first-order chi connectivity index (χ1) is 8.69. The lowest BCUT2D eigenvalue weighted by molar-refractivity contribution is 0.102. The summed E-state index contributed by atoms with van der Waals surface area (Å²) >= 11 is 0. The van der Waals surface area contributed by atoms with Gasteiger partial charge in [0.25, 0.3) is 5.91 Å². The lowest BCUT2D eigenvalue weighted by atomic mass is 10.3. The number of hydrogen-bond acceptors (Lipinski definition) is 6. The lowest BCUT2D eigenvalue weighted by Crippen LogP contribution is -2.17. The lowest BCUT2D eigenvalue weighted by Gasteiger charge is -2.05. The summed E-state index contributed by atoms with van der Waals surface area (Å²) in [5.74, 6) is 5.57. The first-order valence-electron chi connectivity index (χ1n) is 5.21. The molecule has 0 spiro atoms. The number of nitrogens with zero attached hydrogens (tertiary/aromatic N) is 3. The van der Waals surface area contributed by atoms with Crippen LogP contribution in [0.2, 0.25) is 0 Å². The molecular weight excluding hydrogens is 232 g/mol. The molecule has 0 radical (unpaired) electrons. The van der Waals surface area contributed by atoms with Crippen LogP contribution >= 0.6 is 0 Å². The van der Waals surface area contributed by atoms with E-state index in [-0.39, 0.29) is 5.69 Å². The van der Waals surface area contributed by atoms with E-state index in [1.807, 2.05) is 13.0 Å². The molecule has 0 aliphatic carbocycles. The second-order valence-corrected chi connectivity index (χ2v) is 3.61. The number of anilines is 2. The quantitative estimate of drug-likeness (QED) is 0.542. The maximum absolute atomic E-state index is 11.8. The van der Waals surface area contributed by atoms with E-state index in [2.05, 4.69) is 25.7 Å². The number of carbonyl (C=O) groups is 1. The SMILES string of the molecule is Cc1ccc(NC(=O)c2cncc(NN)n2)nc1. The third kappa shape index (κ3) is 2.77. The second kappa shape index (κ2) is 5.19. The van der Waals surface area contributed by atoms with Crippen LogP contribution in [0, 0.1) is 6.92 Å². The smallest absolute Gasteiger partial charge is 0.277 e. The Bertz CT molecular complexity index is 554. The minimum atomic E-state index is -0.393. The van der Waals surface area contributed by atoms with Crippen molar-refractivity contribution in [3.63, 3.8) is 0 Å². The van der Waals surface area contributed by atoms with Crippen LogP contribution in [0.3, 0.4) is 0 Å². The van der Waals surface area contributed by atoms with Gasteiger partial charge >= 0.3 is 0 Å². The molecule has 0 saturated carbocycles. The van der Waals surface area contributed by atoms with Crippen LogP contribution < -0.4 is 16.6 Å². The predicted octanol–water partition coefficient (Wildman–Crippen LogP) is 0.718. The van der Waals surface area contributed by atoms with Gasteiger partial charge in [-0.25, -0.2) is 15.8 Å². The molecule has 0 atom stereocenters. The minimum absolute atomic E-state index is 0.160. The Kier molecular flexibility index (Phi) is 3.44. The number of nitrogens with one attached hydrogen (secondary N) is 2. The van der Waals surface area contributed by atoms with E-state index in [1.165, 1.54) is 12.4 Å². The van der Waals surface area contributed by atoms with Gasteiger partial charge in [0.2, 0.25) is 0 Å². The highest BCUT2D eigenvalue weighted by Gasteiger charge is 2.09. The Morgan fingerprint density at radius 2 is 2.06 bits per heavy atom. The van der Waals surface area contributed by atoms with Crippen LogP contribution in [0.4, 0.5) is 11.6 Å². The molecular formula is C11H12N6O. The molecule has 0 saturated heterocycles. The van der Waals surface area contributed by atoms with Crippen molar-refractivity contribution in [1.29, 1.82) is 0 Å². The monoisotopic (exact) mass is 244 g/mol. The Balaban J connectivity index is 2.14. The van der Waals surface area contributed by atoms with E-state index >= 15 is 0 Å². The molecule has 2 heterocycles. The number of rotatable bonds is 3. The summed E-state index contributed by atoms with van der Waals surface area (Å²) in [7, 11) is 0. The number of nitrogens with two attached hydrogens (primary N) is 1. The van der Waals surface area contributed by atoms with Crippen molar-refractivity contribution in [3.05, 3.63) is 42.0 Å². The first kappa shape index (κ1) is 11.9. The molecule has 0 aliphatic rings. The van der Waals surface area contributed by atoms with Gasteiger partial charge in [-0.2, -0.15) is 0 Å². The number of hydrazine groups is 1. The highest BCUT2D eigenvalue weighted by molar-refractivity contribution is 6.02. The summed E-state index contributed by atoms with van der Waals surface area (Å²) in [6.45, 7) is 1.92. The molecule has 4 N–H and O–H groups in total. The molecule has 92 valence electrons. The van der Waals surface area contributed by atoms with Gasteiger partial charge in [0, 0.05) is 6.20 Å². The highest BCUT2D eigenvalue weighted by Crippen LogP contribution is 2.06. The molecule has 0 fully saturated rings. The van der Waals surface area contributed by atoms with E-state index in [0.29, 0.717) is 11.6 Å². The average molecular weight is 244 g/mol. The van der Waals surface area contributed by atoms with Gasteiger partial charge in [-0.05, 0) is 18.6 Å². The van der Waals surface area contributed by atoms with E-state index in [1.54, 1.807) is 12.3 Å². The maximum Gasteiger partial charge on any atom is 0.277 e. The van der Waals surface area contributed by atoms with Crippen LogP contribution in [-0.4, -0.2) is 20.9 Å². The average Bonchev–Trinajstić information content (AvgIpc) is 2.41. The third-order valence-corrected chi connectivity index (χ3v) is 2.17. The molecule has 7 heteroatoms. The van der Waals surface area contributed by atoms with Gasteiger partial charge in [-0.15, -0.1) is 0 Å². The zero-order valence-electron chi connectivity index (χ0n) is 9.71.